The van der Waals surface area contributed by atoms with E-state index in [4.69, 9.17) is 10.2 Å². The zero-order valence-electron chi connectivity index (χ0n) is 8.94. The molecule has 1 unspecified atom stereocenters. The molecule has 0 saturated heterocycles. The highest BCUT2D eigenvalue weighted by Crippen LogP contribution is 2.22. The number of aromatic nitrogens is 2. The molecule has 3 aromatic rings. The smallest absolute Gasteiger partial charge is 0.323 e. The van der Waals surface area contributed by atoms with E-state index in [0.717, 1.165) is 22.2 Å². The van der Waals surface area contributed by atoms with Crippen molar-refractivity contribution in [2.75, 3.05) is 0 Å². The molecule has 0 aliphatic heterocycles. The summed E-state index contributed by atoms with van der Waals surface area (Å²) in [6.45, 7) is 0. The Morgan fingerprint density at radius 2 is 1.94 bits per heavy atom. The van der Waals surface area contributed by atoms with Crippen molar-refractivity contribution < 1.29 is 4.42 Å². The number of hydrogen-bond acceptors (Lipinski definition) is 3. The maximum absolute atomic E-state index is 11.1. The van der Waals surface area contributed by atoms with E-state index in [1.807, 2.05) is 24.3 Å². The Balaban J connectivity index is 2.08. The molecule has 2 aromatic heterocycles. The van der Waals surface area contributed by atoms with Crippen molar-refractivity contribution in [1.29, 1.82) is 0 Å². The minimum Gasteiger partial charge on any atom is -0.472 e. The first-order chi connectivity index (χ1) is 8.24. The topological polar surface area (TPSA) is 87.8 Å². The van der Waals surface area contributed by atoms with Crippen LogP contribution < -0.4 is 11.4 Å². The van der Waals surface area contributed by atoms with Crippen LogP contribution in [0, 0.1) is 0 Å². The lowest BCUT2D eigenvalue weighted by atomic mass is 10.0. The normalized spacial score (nSPS) is 13.0. The Hall–Kier alpha value is -2.27. The van der Waals surface area contributed by atoms with E-state index in [1.54, 1.807) is 12.5 Å². The van der Waals surface area contributed by atoms with Gasteiger partial charge in [0, 0.05) is 5.56 Å². The highest BCUT2D eigenvalue weighted by atomic mass is 16.3. The number of nitrogens with one attached hydrogen (secondary N) is 2. The van der Waals surface area contributed by atoms with Crippen LogP contribution in [0.15, 0.2) is 46.0 Å². The Labute approximate surface area is 96.3 Å². The molecule has 4 N–H and O–H groups in total. The van der Waals surface area contributed by atoms with Crippen LogP contribution in [0.5, 0.6) is 0 Å². The summed E-state index contributed by atoms with van der Waals surface area (Å²) in [7, 11) is 0. The van der Waals surface area contributed by atoms with Crippen LogP contribution in [-0.2, 0) is 0 Å². The lowest BCUT2D eigenvalue weighted by molar-refractivity contribution is 0.562. The van der Waals surface area contributed by atoms with Gasteiger partial charge in [0.05, 0.1) is 29.6 Å². The summed E-state index contributed by atoms with van der Waals surface area (Å²) in [6.07, 6.45) is 3.21. The van der Waals surface area contributed by atoms with Gasteiger partial charge in [-0.25, -0.2) is 4.79 Å². The Kier molecular flexibility index (Phi) is 2.12. The van der Waals surface area contributed by atoms with Crippen LogP contribution in [0.3, 0.4) is 0 Å². The molecule has 1 atom stereocenters. The average Bonchev–Trinajstić information content (AvgIpc) is 2.94. The van der Waals surface area contributed by atoms with Crippen molar-refractivity contribution in [3.63, 3.8) is 0 Å². The van der Waals surface area contributed by atoms with Crippen LogP contribution in [0.4, 0.5) is 0 Å². The van der Waals surface area contributed by atoms with Gasteiger partial charge in [-0.15, -0.1) is 0 Å². The highest BCUT2D eigenvalue weighted by Gasteiger charge is 2.11. The molecule has 86 valence electrons. The van der Waals surface area contributed by atoms with Gasteiger partial charge in [-0.1, -0.05) is 6.07 Å². The quantitative estimate of drug-likeness (QED) is 0.622. The Morgan fingerprint density at radius 1 is 1.12 bits per heavy atom. The molecule has 0 radical (unpaired) electrons. The van der Waals surface area contributed by atoms with E-state index < -0.39 is 0 Å². The van der Waals surface area contributed by atoms with Crippen LogP contribution >= 0.6 is 0 Å². The molecule has 0 bridgehead atoms. The lowest BCUT2D eigenvalue weighted by Gasteiger charge is -2.09. The summed E-state index contributed by atoms with van der Waals surface area (Å²) in [5.74, 6) is 0. The summed E-state index contributed by atoms with van der Waals surface area (Å²) >= 11 is 0. The molecular weight excluding hydrogens is 218 g/mol. The molecule has 0 fully saturated rings. The molecule has 17 heavy (non-hydrogen) atoms. The monoisotopic (exact) mass is 229 g/mol. The van der Waals surface area contributed by atoms with Crippen LogP contribution in [0.1, 0.15) is 17.2 Å². The number of aromatic amines is 2. The molecule has 0 aliphatic carbocycles. The van der Waals surface area contributed by atoms with Crippen LogP contribution in [0.2, 0.25) is 0 Å². The van der Waals surface area contributed by atoms with Gasteiger partial charge in [-0.2, -0.15) is 0 Å². The van der Waals surface area contributed by atoms with Crippen molar-refractivity contribution in [3.05, 3.63) is 58.4 Å². The molecule has 2 heterocycles. The standard InChI is InChI=1S/C12H11N3O2/c13-11(8-3-4-17-6-8)7-1-2-9-10(5-7)15-12(16)14-9/h1-6,11H,13H2,(H2,14,15,16). The lowest BCUT2D eigenvalue weighted by Crippen LogP contribution is -2.10. The van der Waals surface area contributed by atoms with Gasteiger partial charge in [-0.3, -0.25) is 0 Å². The minimum absolute atomic E-state index is 0.214. The van der Waals surface area contributed by atoms with Gasteiger partial charge >= 0.3 is 5.69 Å². The van der Waals surface area contributed by atoms with Gasteiger partial charge in [0.2, 0.25) is 0 Å². The maximum atomic E-state index is 11.1. The van der Waals surface area contributed by atoms with Crippen molar-refractivity contribution in [1.82, 2.24) is 9.97 Å². The first-order valence-corrected chi connectivity index (χ1v) is 5.23. The summed E-state index contributed by atoms with van der Waals surface area (Å²) < 4.78 is 5.00. The fourth-order valence-electron chi connectivity index (χ4n) is 1.89. The number of furan rings is 1. The third-order valence-electron chi connectivity index (χ3n) is 2.80. The van der Waals surface area contributed by atoms with E-state index in [2.05, 4.69) is 9.97 Å². The number of nitrogens with two attached hydrogens (primary N) is 1. The van der Waals surface area contributed by atoms with Crippen LogP contribution in [-0.4, -0.2) is 9.97 Å². The minimum atomic E-state index is -0.253. The largest absolute Gasteiger partial charge is 0.472 e. The summed E-state index contributed by atoms with van der Waals surface area (Å²) in [5, 5.41) is 0. The number of imidazole rings is 1. The highest BCUT2D eigenvalue weighted by molar-refractivity contribution is 5.75. The van der Waals surface area contributed by atoms with E-state index in [1.165, 1.54) is 0 Å². The Bertz CT molecular complexity index is 694. The number of fused-ring (bicyclic) bond motifs is 1. The summed E-state index contributed by atoms with van der Waals surface area (Å²) in [5.41, 5.74) is 9.24. The summed E-state index contributed by atoms with van der Waals surface area (Å²) in [4.78, 5) is 16.5. The maximum Gasteiger partial charge on any atom is 0.323 e. The number of hydrogen-bond donors (Lipinski definition) is 3. The molecule has 1 aromatic carbocycles. The van der Waals surface area contributed by atoms with Gasteiger partial charge in [-0.05, 0) is 23.8 Å². The Morgan fingerprint density at radius 3 is 2.71 bits per heavy atom. The molecule has 0 spiro atoms. The fourth-order valence-corrected chi connectivity index (χ4v) is 1.89. The van der Waals surface area contributed by atoms with E-state index in [-0.39, 0.29) is 11.7 Å². The molecule has 5 heteroatoms. The number of H-pyrrole nitrogens is 2. The van der Waals surface area contributed by atoms with E-state index in [9.17, 15) is 4.79 Å². The van der Waals surface area contributed by atoms with Crippen LogP contribution in [0.25, 0.3) is 11.0 Å². The molecule has 0 amide bonds. The molecular formula is C12H11N3O2. The molecule has 5 nitrogen and oxygen atoms in total. The van der Waals surface area contributed by atoms with Crippen molar-refractivity contribution in [2.24, 2.45) is 5.73 Å². The predicted molar refractivity (Wildman–Crippen MR) is 63.7 cm³/mol. The number of benzene rings is 1. The number of rotatable bonds is 2. The second-order valence-electron chi connectivity index (χ2n) is 3.92. The van der Waals surface area contributed by atoms with Gasteiger partial charge in [0.15, 0.2) is 0 Å². The summed E-state index contributed by atoms with van der Waals surface area (Å²) in [6, 6.07) is 7.17. The first-order valence-electron chi connectivity index (χ1n) is 5.23. The van der Waals surface area contributed by atoms with E-state index in [0.29, 0.717) is 0 Å². The van der Waals surface area contributed by atoms with Gasteiger partial charge in [0.25, 0.3) is 0 Å². The zero-order chi connectivity index (χ0) is 11.8. The SMILES string of the molecule is NC(c1ccoc1)c1ccc2[nH]c(=O)[nH]c2c1. The fraction of sp³-hybridized carbons (Fsp3) is 0.0833. The zero-order valence-corrected chi connectivity index (χ0v) is 8.94. The van der Waals surface area contributed by atoms with Crippen molar-refractivity contribution in [3.8, 4) is 0 Å². The molecule has 0 aliphatic rings. The third-order valence-corrected chi connectivity index (χ3v) is 2.80. The van der Waals surface area contributed by atoms with Gasteiger partial charge < -0.3 is 20.1 Å². The van der Waals surface area contributed by atoms with Crippen molar-refractivity contribution >= 4 is 11.0 Å². The molecule has 3 rings (SSSR count). The second-order valence-corrected chi connectivity index (χ2v) is 3.92. The molecule has 0 saturated carbocycles. The third kappa shape index (κ3) is 1.66. The first kappa shape index (κ1) is 9.92. The van der Waals surface area contributed by atoms with Gasteiger partial charge in [0.1, 0.15) is 0 Å². The van der Waals surface area contributed by atoms with Crippen molar-refractivity contribution in [2.45, 2.75) is 6.04 Å². The average molecular weight is 229 g/mol. The van der Waals surface area contributed by atoms with E-state index >= 15 is 0 Å². The second kappa shape index (κ2) is 3.64. The predicted octanol–water partition coefficient (Wildman–Crippen LogP) is 1.50.